The van der Waals surface area contributed by atoms with E-state index in [0.29, 0.717) is 0 Å². The number of benzene rings is 2. The van der Waals surface area contributed by atoms with Crippen molar-refractivity contribution in [3.05, 3.63) is 71.9 Å². The molecule has 0 saturated heterocycles. The third kappa shape index (κ3) is 4.07. The first-order chi connectivity index (χ1) is 13.6. The number of thiazole rings is 1. The average molecular weight is 391 g/mol. The Bertz CT molecular complexity index is 1080. The standard InChI is InChI=1S/C22H21N3O2S/c1-15(2)27-19-10-8-17(9-11-19)23-21(26)12-18-14-28-22-24-20(13-25(18)22)16-6-4-3-5-7-16/h3-11,13-15H,12H2,1-2H3,(H,23,26). The highest BCUT2D eigenvalue weighted by Gasteiger charge is 2.13. The van der Waals surface area contributed by atoms with E-state index in [1.807, 2.05) is 84.4 Å². The zero-order chi connectivity index (χ0) is 19.5. The van der Waals surface area contributed by atoms with Gasteiger partial charge in [0.1, 0.15) is 5.75 Å². The second-order valence-corrected chi connectivity index (χ2v) is 7.62. The molecular weight excluding hydrogens is 370 g/mol. The maximum absolute atomic E-state index is 12.5. The number of hydrogen-bond donors (Lipinski definition) is 1. The maximum Gasteiger partial charge on any atom is 0.230 e. The molecule has 0 aliphatic carbocycles. The van der Waals surface area contributed by atoms with Crippen LogP contribution in [0.2, 0.25) is 0 Å². The number of nitrogens with zero attached hydrogens (tertiary/aromatic N) is 2. The van der Waals surface area contributed by atoms with Crippen LogP contribution in [0.1, 0.15) is 19.5 Å². The predicted octanol–water partition coefficient (Wildman–Crippen LogP) is 5.03. The zero-order valence-corrected chi connectivity index (χ0v) is 16.6. The lowest BCUT2D eigenvalue weighted by Gasteiger charge is -2.10. The molecule has 142 valence electrons. The van der Waals surface area contributed by atoms with Crippen molar-refractivity contribution in [1.29, 1.82) is 0 Å². The first-order valence-corrected chi connectivity index (χ1v) is 10.0. The van der Waals surface area contributed by atoms with E-state index in [0.717, 1.165) is 33.3 Å². The highest BCUT2D eigenvalue weighted by molar-refractivity contribution is 7.15. The average Bonchev–Trinajstić information content (AvgIpc) is 3.26. The molecule has 0 aliphatic rings. The van der Waals surface area contributed by atoms with E-state index < -0.39 is 0 Å². The molecule has 0 bridgehead atoms. The van der Waals surface area contributed by atoms with Crippen LogP contribution in [0, 0.1) is 0 Å². The van der Waals surface area contributed by atoms with E-state index >= 15 is 0 Å². The molecule has 28 heavy (non-hydrogen) atoms. The normalized spacial score (nSPS) is 11.1. The Morgan fingerprint density at radius 2 is 1.89 bits per heavy atom. The van der Waals surface area contributed by atoms with Gasteiger partial charge in [-0.15, -0.1) is 11.3 Å². The molecule has 0 unspecified atom stereocenters. The molecule has 4 aromatic rings. The van der Waals surface area contributed by atoms with E-state index in [9.17, 15) is 4.79 Å². The van der Waals surface area contributed by atoms with Crippen LogP contribution in [0.5, 0.6) is 5.75 Å². The molecule has 0 fully saturated rings. The van der Waals surface area contributed by atoms with E-state index in [-0.39, 0.29) is 18.4 Å². The fourth-order valence-corrected chi connectivity index (χ4v) is 3.84. The number of ether oxygens (including phenoxy) is 1. The largest absolute Gasteiger partial charge is 0.491 e. The molecule has 1 amide bonds. The Labute approximate surface area is 167 Å². The van der Waals surface area contributed by atoms with Gasteiger partial charge >= 0.3 is 0 Å². The third-order valence-corrected chi connectivity index (χ3v) is 5.09. The second kappa shape index (κ2) is 7.86. The number of fused-ring (bicyclic) bond motifs is 1. The van der Waals surface area contributed by atoms with Crippen LogP contribution in [0.25, 0.3) is 16.2 Å². The molecule has 2 aromatic carbocycles. The van der Waals surface area contributed by atoms with Crippen molar-refractivity contribution in [2.24, 2.45) is 0 Å². The molecule has 2 aromatic heterocycles. The summed E-state index contributed by atoms with van der Waals surface area (Å²) in [6, 6.07) is 17.5. The molecule has 5 nitrogen and oxygen atoms in total. The number of aromatic nitrogens is 2. The van der Waals surface area contributed by atoms with Gasteiger partial charge < -0.3 is 10.1 Å². The van der Waals surface area contributed by atoms with Crippen LogP contribution in [0.4, 0.5) is 5.69 Å². The van der Waals surface area contributed by atoms with Crippen molar-refractivity contribution in [3.63, 3.8) is 0 Å². The molecule has 0 atom stereocenters. The minimum atomic E-state index is -0.0628. The molecule has 0 radical (unpaired) electrons. The summed E-state index contributed by atoms with van der Waals surface area (Å²) in [6.07, 6.45) is 2.40. The first-order valence-electron chi connectivity index (χ1n) is 9.16. The van der Waals surface area contributed by atoms with E-state index in [4.69, 9.17) is 4.74 Å². The topological polar surface area (TPSA) is 55.6 Å². The van der Waals surface area contributed by atoms with Gasteiger partial charge in [-0.2, -0.15) is 0 Å². The first kappa shape index (κ1) is 18.3. The summed E-state index contributed by atoms with van der Waals surface area (Å²) in [4.78, 5) is 18.0. The Morgan fingerprint density at radius 1 is 1.14 bits per heavy atom. The van der Waals surface area contributed by atoms with E-state index in [2.05, 4.69) is 10.3 Å². The fourth-order valence-electron chi connectivity index (χ4n) is 2.96. The van der Waals surface area contributed by atoms with Crippen molar-refractivity contribution >= 4 is 27.9 Å². The number of imidazole rings is 1. The van der Waals surface area contributed by atoms with Gasteiger partial charge in [0.25, 0.3) is 0 Å². The number of nitrogens with one attached hydrogen (secondary N) is 1. The number of rotatable bonds is 6. The van der Waals surface area contributed by atoms with Gasteiger partial charge in [0.05, 0.1) is 18.2 Å². The van der Waals surface area contributed by atoms with Gasteiger partial charge in [-0.3, -0.25) is 9.20 Å². The van der Waals surface area contributed by atoms with Crippen molar-refractivity contribution in [2.75, 3.05) is 5.32 Å². The third-order valence-electron chi connectivity index (χ3n) is 4.20. The molecule has 1 N–H and O–H groups in total. The SMILES string of the molecule is CC(C)Oc1ccc(NC(=O)Cc2csc3nc(-c4ccccc4)cn23)cc1. The highest BCUT2D eigenvalue weighted by Crippen LogP contribution is 2.24. The van der Waals surface area contributed by atoms with Crippen LogP contribution in [-0.4, -0.2) is 21.4 Å². The maximum atomic E-state index is 12.5. The Balaban J connectivity index is 1.46. The molecular formula is C22H21N3O2S. The van der Waals surface area contributed by atoms with Crippen molar-refractivity contribution < 1.29 is 9.53 Å². The number of anilines is 1. The lowest BCUT2D eigenvalue weighted by atomic mass is 10.2. The minimum absolute atomic E-state index is 0.0628. The van der Waals surface area contributed by atoms with Gasteiger partial charge in [0.15, 0.2) is 4.96 Å². The number of amides is 1. The summed E-state index contributed by atoms with van der Waals surface area (Å²) >= 11 is 1.54. The molecule has 6 heteroatoms. The molecule has 0 aliphatic heterocycles. The van der Waals surface area contributed by atoms with Crippen molar-refractivity contribution in [3.8, 4) is 17.0 Å². The predicted molar refractivity (Wildman–Crippen MR) is 113 cm³/mol. The van der Waals surface area contributed by atoms with Crippen LogP contribution in [0.3, 0.4) is 0 Å². The molecule has 0 saturated carbocycles. The summed E-state index contributed by atoms with van der Waals surface area (Å²) in [5, 5.41) is 4.92. The van der Waals surface area contributed by atoms with Gasteiger partial charge in [-0.05, 0) is 38.1 Å². The van der Waals surface area contributed by atoms with E-state index in [1.54, 1.807) is 11.3 Å². The molecule has 4 rings (SSSR count). The van der Waals surface area contributed by atoms with Gasteiger partial charge in [0, 0.05) is 28.5 Å². The van der Waals surface area contributed by atoms with Gasteiger partial charge in [-0.25, -0.2) is 4.98 Å². The molecule has 0 spiro atoms. The highest BCUT2D eigenvalue weighted by atomic mass is 32.1. The van der Waals surface area contributed by atoms with Gasteiger partial charge in [-0.1, -0.05) is 30.3 Å². The Kier molecular flexibility index (Phi) is 5.12. The number of hydrogen-bond acceptors (Lipinski definition) is 4. The van der Waals surface area contributed by atoms with Crippen molar-refractivity contribution in [2.45, 2.75) is 26.4 Å². The van der Waals surface area contributed by atoms with Crippen LogP contribution >= 0.6 is 11.3 Å². The molecule has 2 heterocycles. The van der Waals surface area contributed by atoms with Gasteiger partial charge in [0.2, 0.25) is 5.91 Å². The lowest BCUT2D eigenvalue weighted by Crippen LogP contribution is -2.15. The summed E-state index contributed by atoms with van der Waals surface area (Å²) in [6.45, 7) is 3.97. The monoisotopic (exact) mass is 391 g/mol. The summed E-state index contributed by atoms with van der Waals surface area (Å²) in [5.74, 6) is 0.728. The quantitative estimate of drug-likeness (QED) is 0.501. The smallest absolute Gasteiger partial charge is 0.230 e. The minimum Gasteiger partial charge on any atom is -0.491 e. The fraction of sp³-hybridized carbons (Fsp3) is 0.182. The number of carbonyl (C=O) groups is 1. The zero-order valence-electron chi connectivity index (χ0n) is 15.8. The van der Waals surface area contributed by atoms with Crippen LogP contribution in [-0.2, 0) is 11.2 Å². The van der Waals surface area contributed by atoms with Crippen LogP contribution in [0.15, 0.2) is 66.2 Å². The number of carbonyl (C=O) groups excluding carboxylic acids is 1. The summed E-state index contributed by atoms with van der Waals surface area (Å²) < 4.78 is 7.62. The Morgan fingerprint density at radius 3 is 2.61 bits per heavy atom. The Hall–Kier alpha value is -3.12. The lowest BCUT2D eigenvalue weighted by molar-refractivity contribution is -0.115. The second-order valence-electron chi connectivity index (χ2n) is 6.79. The van der Waals surface area contributed by atoms with E-state index in [1.165, 1.54) is 0 Å². The summed E-state index contributed by atoms with van der Waals surface area (Å²) in [7, 11) is 0. The van der Waals surface area contributed by atoms with Crippen LogP contribution < -0.4 is 10.1 Å². The van der Waals surface area contributed by atoms with Crippen molar-refractivity contribution in [1.82, 2.24) is 9.38 Å². The summed E-state index contributed by atoms with van der Waals surface area (Å²) in [5.41, 5.74) is 3.66.